The summed E-state index contributed by atoms with van der Waals surface area (Å²) in [4.78, 5) is 11.4. The first-order chi connectivity index (χ1) is 7.70. The summed E-state index contributed by atoms with van der Waals surface area (Å²) >= 11 is 0. The van der Waals surface area contributed by atoms with Crippen LogP contribution in [0.3, 0.4) is 0 Å². The van der Waals surface area contributed by atoms with Gasteiger partial charge in [0.1, 0.15) is 0 Å². The fourth-order valence-corrected chi connectivity index (χ4v) is 1.41. The summed E-state index contributed by atoms with van der Waals surface area (Å²) < 4.78 is 4.65. The number of carbonyl (C=O) groups excluding carboxylic acids is 1. The molecule has 0 aliphatic heterocycles. The molecule has 0 bridgehead atoms. The van der Waals surface area contributed by atoms with E-state index >= 15 is 0 Å². The van der Waals surface area contributed by atoms with Crippen molar-refractivity contribution in [1.29, 1.82) is 0 Å². The molecule has 0 aliphatic carbocycles. The second-order valence-electron chi connectivity index (χ2n) is 3.54. The van der Waals surface area contributed by atoms with Crippen molar-refractivity contribution in [1.82, 2.24) is 0 Å². The summed E-state index contributed by atoms with van der Waals surface area (Å²) in [5, 5.41) is 3.20. The number of nitrogens with two attached hydrogens (primary N) is 1. The van der Waals surface area contributed by atoms with Gasteiger partial charge in [-0.3, -0.25) is 0 Å². The number of benzene rings is 1. The first-order valence-electron chi connectivity index (χ1n) is 5.41. The Labute approximate surface area is 95.8 Å². The number of nitrogens with one attached hydrogen (secondary N) is 1. The van der Waals surface area contributed by atoms with E-state index < -0.39 is 5.97 Å². The Bertz CT molecular complexity index is 364. The summed E-state index contributed by atoms with van der Waals surface area (Å²) in [7, 11) is 1.35. The average molecular weight is 222 g/mol. The Morgan fingerprint density at radius 2 is 2.25 bits per heavy atom. The van der Waals surface area contributed by atoms with E-state index in [1.807, 2.05) is 6.07 Å². The lowest BCUT2D eigenvalue weighted by Crippen LogP contribution is -2.09. The minimum Gasteiger partial charge on any atom is -0.465 e. The third-order valence-corrected chi connectivity index (χ3v) is 2.36. The quantitative estimate of drug-likeness (QED) is 0.455. The van der Waals surface area contributed by atoms with Crippen LogP contribution in [-0.4, -0.2) is 19.6 Å². The van der Waals surface area contributed by atoms with Crippen LogP contribution in [-0.2, 0) is 4.74 Å². The number of methoxy groups -OCH3 is 1. The maximum atomic E-state index is 11.4. The third kappa shape index (κ3) is 2.89. The molecule has 1 rings (SSSR count). The molecule has 0 radical (unpaired) electrons. The van der Waals surface area contributed by atoms with Gasteiger partial charge in [0.05, 0.1) is 24.0 Å². The van der Waals surface area contributed by atoms with Crippen molar-refractivity contribution in [3.8, 4) is 0 Å². The van der Waals surface area contributed by atoms with E-state index in [2.05, 4.69) is 17.0 Å². The number of carbonyl (C=O) groups is 1. The number of hydrogen-bond acceptors (Lipinski definition) is 4. The predicted octanol–water partition coefficient (Wildman–Crippen LogP) is 2.27. The van der Waals surface area contributed by atoms with Crippen molar-refractivity contribution in [2.75, 3.05) is 24.7 Å². The maximum Gasteiger partial charge on any atom is 0.340 e. The number of esters is 1. The zero-order chi connectivity index (χ0) is 12.0. The van der Waals surface area contributed by atoms with Gasteiger partial charge < -0.3 is 15.8 Å². The lowest BCUT2D eigenvalue weighted by molar-refractivity contribution is 0.0602. The van der Waals surface area contributed by atoms with Crippen molar-refractivity contribution in [3.63, 3.8) is 0 Å². The molecule has 0 aliphatic rings. The highest BCUT2D eigenvalue weighted by Crippen LogP contribution is 2.23. The lowest BCUT2D eigenvalue weighted by atomic mass is 10.1. The molecule has 0 atom stereocenters. The van der Waals surface area contributed by atoms with Crippen molar-refractivity contribution in [3.05, 3.63) is 23.8 Å². The Morgan fingerprint density at radius 1 is 1.50 bits per heavy atom. The highest BCUT2D eigenvalue weighted by atomic mass is 16.5. The van der Waals surface area contributed by atoms with E-state index in [1.165, 1.54) is 7.11 Å². The van der Waals surface area contributed by atoms with Gasteiger partial charge >= 0.3 is 5.97 Å². The van der Waals surface area contributed by atoms with Crippen molar-refractivity contribution in [2.45, 2.75) is 19.8 Å². The maximum absolute atomic E-state index is 11.4. The smallest absolute Gasteiger partial charge is 0.340 e. The number of anilines is 2. The van der Waals surface area contributed by atoms with Gasteiger partial charge in [0.2, 0.25) is 0 Å². The molecule has 1 aromatic rings. The number of nitrogen functional groups attached to an aromatic ring is 1. The summed E-state index contributed by atoms with van der Waals surface area (Å²) in [6, 6.07) is 5.31. The van der Waals surface area contributed by atoms with Gasteiger partial charge in [-0.15, -0.1) is 0 Å². The van der Waals surface area contributed by atoms with Gasteiger partial charge in [-0.05, 0) is 18.6 Å². The molecular weight excluding hydrogens is 204 g/mol. The van der Waals surface area contributed by atoms with E-state index in [4.69, 9.17) is 5.73 Å². The van der Waals surface area contributed by atoms with Gasteiger partial charge in [-0.25, -0.2) is 4.79 Å². The Morgan fingerprint density at radius 3 is 2.88 bits per heavy atom. The average Bonchev–Trinajstić information content (AvgIpc) is 2.30. The zero-order valence-electron chi connectivity index (χ0n) is 9.75. The molecule has 0 fully saturated rings. The molecular formula is C12H18N2O2. The monoisotopic (exact) mass is 222 g/mol. The van der Waals surface area contributed by atoms with Crippen LogP contribution in [0.2, 0.25) is 0 Å². The molecule has 4 heteroatoms. The number of unbranched alkanes of at least 4 members (excludes halogenated alkanes) is 1. The summed E-state index contributed by atoms with van der Waals surface area (Å²) in [6.45, 7) is 2.97. The molecule has 0 unspecified atom stereocenters. The molecule has 1 aromatic carbocycles. The molecule has 4 nitrogen and oxygen atoms in total. The first-order valence-corrected chi connectivity index (χ1v) is 5.41. The van der Waals surface area contributed by atoms with Crippen LogP contribution in [0.4, 0.5) is 11.4 Å². The van der Waals surface area contributed by atoms with Crippen LogP contribution >= 0.6 is 0 Å². The van der Waals surface area contributed by atoms with E-state index in [9.17, 15) is 4.79 Å². The van der Waals surface area contributed by atoms with Gasteiger partial charge in [0, 0.05) is 6.54 Å². The molecule has 0 amide bonds. The van der Waals surface area contributed by atoms with Gasteiger partial charge in [0.25, 0.3) is 0 Å². The first kappa shape index (κ1) is 12.4. The van der Waals surface area contributed by atoms with Crippen LogP contribution in [0.5, 0.6) is 0 Å². The van der Waals surface area contributed by atoms with E-state index in [0.29, 0.717) is 11.3 Å². The Hall–Kier alpha value is -1.71. The van der Waals surface area contributed by atoms with Crippen LogP contribution in [0.1, 0.15) is 30.1 Å². The Kier molecular flexibility index (Phi) is 4.64. The summed E-state index contributed by atoms with van der Waals surface area (Å²) in [5.74, 6) is -0.406. The largest absolute Gasteiger partial charge is 0.465 e. The number of para-hydroxylation sites is 1. The van der Waals surface area contributed by atoms with Crippen LogP contribution < -0.4 is 11.1 Å². The highest BCUT2D eigenvalue weighted by Gasteiger charge is 2.11. The van der Waals surface area contributed by atoms with E-state index in [-0.39, 0.29) is 0 Å². The normalized spacial score (nSPS) is 9.88. The minimum atomic E-state index is -0.406. The number of rotatable bonds is 5. The van der Waals surface area contributed by atoms with Crippen LogP contribution in [0.15, 0.2) is 18.2 Å². The molecule has 3 N–H and O–H groups in total. The molecule has 0 heterocycles. The highest BCUT2D eigenvalue weighted by molar-refractivity contribution is 5.98. The predicted molar refractivity (Wildman–Crippen MR) is 65.6 cm³/mol. The third-order valence-electron chi connectivity index (χ3n) is 2.36. The summed E-state index contributed by atoms with van der Waals surface area (Å²) in [6.07, 6.45) is 2.19. The molecule has 16 heavy (non-hydrogen) atoms. The van der Waals surface area contributed by atoms with Crippen LogP contribution in [0, 0.1) is 0 Å². The van der Waals surface area contributed by atoms with E-state index in [0.717, 1.165) is 25.1 Å². The second-order valence-corrected chi connectivity index (χ2v) is 3.54. The SMILES string of the molecule is CCCCNc1cccc(C(=O)OC)c1N. The van der Waals surface area contributed by atoms with Gasteiger partial charge in [-0.2, -0.15) is 0 Å². The fourth-order valence-electron chi connectivity index (χ4n) is 1.41. The van der Waals surface area contributed by atoms with Gasteiger partial charge in [-0.1, -0.05) is 19.4 Å². The molecule has 0 spiro atoms. The lowest BCUT2D eigenvalue weighted by Gasteiger charge is -2.11. The van der Waals surface area contributed by atoms with Crippen LogP contribution in [0.25, 0.3) is 0 Å². The molecule has 0 saturated heterocycles. The van der Waals surface area contributed by atoms with E-state index in [1.54, 1.807) is 12.1 Å². The molecule has 0 saturated carbocycles. The molecule has 0 aromatic heterocycles. The number of ether oxygens (including phenoxy) is 1. The zero-order valence-corrected chi connectivity index (χ0v) is 9.75. The molecule has 88 valence electrons. The standard InChI is InChI=1S/C12H18N2O2/c1-3-4-8-14-10-7-5-6-9(11(10)13)12(15)16-2/h5-7,14H,3-4,8,13H2,1-2H3. The van der Waals surface area contributed by atoms with Crippen molar-refractivity contribution in [2.24, 2.45) is 0 Å². The number of hydrogen-bond donors (Lipinski definition) is 2. The fraction of sp³-hybridized carbons (Fsp3) is 0.417. The van der Waals surface area contributed by atoms with Crippen molar-refractivity contribution < 1.29 is 9.53 Å². The topological polar surface area (TPSA) is 64.3 Å². The summed E-state index contributed by atoms with van der Waals surface area (Å²) in [5.41, 5.74) is 7.52. The van der Waals surface area contributed by atoms with Gasteiger partial charge in [0.15, 0.2) is 0 Å². The van der Waals surface area contributed by atoms with Crippen molar-refractivity contribution >= 4 is 17.3 Å². The Balaban J connectivity index is 2.82. The second kappa shape index (κ2) is 6.00. The minimum absolute atomic E-state index is 0.406.